The smallest absolute Gasteiger partial charge is 0.119 e. The highest BCUT2D eigenvalue weighted by Crippen LogP contribution is 2.13. The number of rotatable bonds is 5. The van der Waals surface area contributed by atoms with Gasteiger partial charge in [-0.1, -0.05) is 0 Å². The largest absolute Gasteiger partial charge is 0.493 e. The second kappa shape index (κ2) is 7.18. The summed E-state index contributed by atoms with van der Waals surface area (Å²) in [5.74, 6) is 0.974. The first-order valence-electron chi connectivity index (χ1n) is 6.14. The van der Waals surface area contributed by atoms with Gasteiger partial charge in [-0.05, 0) is 46.9 Å². The molecule has 2 rings (SSSR count). The summed E-state index contributed by atoms with van der Waals surface area (Å²) in [7, 11) is 0. The summed E-state index contributed by atoms with van der Waals surface area (Å²) in [5.41, 5.74) is 0. The molecular weight excluding hydrogens is 329 g/mol. The summed E-state index contributed by atoms with van der Waals surface area (Å²) in [4.78, 5) is 1.64. The van der Waals surface area contributed by atoms with Gasteiger partial charge < -0.3 is 14.4 Å². The molecule has 17 heavy (non-hydrogen) atoms. The number of hydrogen-bond donors (Lipinski definition) is 1. The van der Waals surface area contributed by atoms with Crippen LogP contribution in [0.5, 0.6) is 5.75 Å². The lowest BCUT2D eigenvalue weighted by Crippen LogP contribution is -3.14. The summed E-state index contributed by atoms with van der Waals surface area (Å²) in [6.45, 7) is 6.10. The van der Waals surface area contributed by atoms with Crippen molar-refractivity contribution in [1.29, 1.82) is 0 Å². The van der Waals surface area contributed by atoms with Crippen molar-refractivity contribution in [1.82, 2.24) is 0 Å². The molecule has 1 aliphatic heterocycles. The van der Waals surface area contributed by atoms with Crippen molar-refractivity contribution < 1.29 is 14.4 Å². The summed E-state index contributed by atoms with van der Waals surface area (Å²) < 4.78 is 12.3. The molecule has 1 aromatic rings. The minimum absolute atomic E-state index is 0.810. The first-order valence-corrected chi connectivity index (χ1v) is 7.22. The molecule has 1 saturated heterocycles. The number of halogens is 1. The molecular formula is C13H19INO2+. The normalized spacial score (nSPS) is 17.0. The Hall–Kier alpha value is -0.330. The number of morpholine rings is 1. The lowest BCUT2D eigenvalue weighted by Gasteiger charge is -2.23. The molecule has 1 heterocycles. The fourth-order valence-corrected chi connectivity index (χ4v) is 2.31. The van der Waals surface area contributed by atoms with E-state index < -0.39 is 0 Å². The van der Waals surface area contributed by atoms with Crippen LogP contribution in [0.3, 0.4) is 0 Å². The van der Waals surface area contributed by atoms with Crippen molar-refractivity contribution in [3.05, 3.63) is 27.8 Å². The van der Waals surface area contributed by atoms with Gasteiger partial charge in [-0.25, -0.2) is 0 Å². The topological polar surface area (TPSA) is 22.9 Å². The van der Waals surface area contributed by atoms with Crippen molar-refractivity contribution >= 4 is 22.6 Å². The molecule has 0 saturated carbocycles. The molecule has 1 fully saturated rings. The minimum atomic E-state index is 0.810. The van der Waals surface area contributed by atoms with E-state index in [-0.39, 0.29) is 0 Å². The van der Waals surface area contributed by atoms with E-state index in [0.717, 1.165) is 45.1 Å². The molecule has 1 aliphatic rings. The fourth-order valence-electron chi connectivity index (χ4n) is 1.95. The van der Waals surface area contributed by atoms with E-state index in [1.54, 1.807) is 4.90 Å². The quantitative estimate of drug-likeness (QED) is 0.633. The molecule has 1 aromatic carbocycles. The second-order valence-corrected chi connectivity index (χ2v) is 5.51. The molecule has 3 nitrogen and oxygen atoms in total. The zero-order valence-electron chi connectivity index (χ0n) is 9.95. The highest BCUT2D eigenvalue weighted by Gasteiger charge is 2.12. The lowest BCUT2D eigenvalue weighted by molar-refractivity contribution is -0.908. The van der Waals surface area contributed by atoms with Crippen LogP contribution in [-0.4, -0.2) is 39.5 Å². The van der Waals surface area contributed by atoms with Gasteiger partial charge in [-0.3, -0.25) is 0 Å². The van der Waals surface area contributed by atoms with Gasteiger partial charge in [0.2, 0.25) is 0 Å². The van der Waals surface area contributed by atoms with E-state index in [9.17, 15) is 0 Å². The summed E-state index contributed by atoms with van der Waals surface area (Å²) in [6.07, 6.45) is 1.11. The van der Waals surface area contributed by atoms with Gasteiger partial charge in [-0.2, -0.15) is 0 Å². The third kappa shape index (κ3) is 4.81. The SMILES string of the molecule is Ic1ccc(OCCC[NH+]2CCOCC2)cc1. The molecule has 0 radical (unpaired) electrons. The second-order valence-electron chi connectivity index (χ2n) is 4.27. The van der Waals surface area contributed by atoms with E-state index in [4.69, 9.17) is 9.47 Å². The van der Waals surface area contributed by atoms with E-state index >= 15 is 0 Å². The van der Waals surface area contributed by atoms with Crippen LogP contribution in [0.4, 0.5) is 0 Å². The number of quaternary nitrogens is 1. The van der Waals surface area contributed by atoms with E-state index in [1.165, 1.54) is 10.1 Å². The Morgan fingerprint density at radius 2 is 1.88 bits per heavy atom. The standard InChI is InChI=1S/C13H18INO2/c14-12-2-4-13(5-3-12)17-9-1-6-15-7-10-16-11-8-15/h2-5H,1,6-11H2/p+1. The maximum absolute atomic E-state index is 5.70. The predicted molar refractivity (Wildman–Crippen MR) is 75.7 cm³/mol. The van der Waals surface area contributed by atoms with Crippen LogP contribution in [0.25, 0.3) is 0 Å². The van der Waals surface area contributed by atoms with Gasteiger partial charge in [-0.15, -0.1) is 0 Å². The Morgan fingerprint density at radius 1 is 1.18 bits per heavy atom. The van der Waals surface area contributed by atoms with Crippen molar-refractivity contribution in [2.45, 2.75) is 6.42 Å². The van der Waals surface area contributed by atoms with Gasteiger partial charge in [0.1, 0.15) is 18.8 Å². The van der Waals surface area contributed by atoms with Crippen LogP contribution in [0.1, 0.15) is 6.42 Å². The first-order chi connectivity index (χ1) is 8.34. The molecule has 0 aliphatic carbocycles. The van der Waals surface area contributed by atoms with Crippen molar-refractivity contribution in [2.75, 3.05) is 39.5 Å². The lowest BCUT2D eigenvalue weighted by atomic mass is 10.3. The Morgan fingerprint density at radius 3 is 2.59 bits per heavy atom. The molecule has 0 amide bonds. The van der Waals surface area contributed by atoms with E-state index in [1.807, 2.05) is 12.1 Å². The Labute approximate surface area is 116 Å². The number of benzene rings is 1. The number of ether oxygens (including phenoxy) is 2. The Bertz CT molecular complexity index is 323. The van der Waals surface area contributed by atoms with Crippen LogP contribution in [-0.2, 0) is 4.74 Å². The maximum Gasteiger partial charge on any atom is 0.119 e. The monoisotopic (exact) mass is 348 g/mol. The first kappa shape index (κ1) is 13.1. The van der Waals surface area contributed by atoms with Crippen LogP contribution < -0.4 is 9.64 Å². The minimum Gasteiger partial charge on any atom is -0.493 e. The van der Waals surface area contributed by atoms with Crippen molar-refractivity contribution in [2.24, 2.45) is 0 Å². The molecule has 0 unspecified atom stereocenters. The molecule has 94 valence electrons. The fraction of sp³-hybridized carbons (Fsp3) is 0.538. The molecule has 0 bridgehead atoms. The van der Waals surface area contributed by atoms with Gasteiger partial charge in [0.05, 0.1) is 26.4 Å². The predicted octanol–water partition coefficient (Wildman–Crippen LogP) is 0.975. The zero-order chi connectivity index (χ0) is 11.9. The van der Waals surface area contributed by atoms with Crippen molar-refractivity contribution in [3.63, 3.8) is 0 Å². The molecule has 0 atom stereocenters. The van der Waals surface area contributed by atoms with Crippen molar-refractivity contribution in [3.8, 4) is 5.75 Å². The average Bonchev–Trinajstić information content (AvgIpc) is 2.38. The highest BCUT2D eigenvalue weighted by molar-refractivity contribution is 14.1. The van der Waals surface area contributed by atoms with Gasteiger partial charge in [0, 0.05) is 9.99 Å². The van der Waals surface area contributed by atoms with Gasteiger partial charge in [0.15, 0.2) is 0 Å². The summed E-state index contributed by atoms with van der Waals surface area (Å²) in [6, 6.07) is 8.21. The van der Waals surface area contributed by atoms with E-state index in [0.29, 0.717) is 0 Å². The third-order valence-corrected chi connectivity index (χ3v) is 3.68. The average molecular weight is 348 g/mol. The molecule has 0 aromatic heterocycles. The summed E-state index contributed by atoms with van der Waals surface area (Å²) >= 11 is 2.30. The molecule has 1 N–H and O–H groups in total. The Kier molecular flexibility index (Phi) is 5.54. The van der Waals surface area contributed by atoms with Crippen LogP contribution in [0.15, 0.2) is 24.3 Å². The number of hydrogen-bond acceptors (Lipinski definition) is 2. The number of nitrogens with one attached hydrogen (secondary N) is 1. The van der Waals surface area contributed by atoms with E-state index in [2.05, 4.69) is 34.7 Å². The third-order valence-electron chi connectivity index (χ3n) is 2.96. The Balaban J connectivity index is 1.60. The van der Waals surface area contributed by atoms with Gasteiger partial charge >= 0.3 is 0 Å². The van der Waals surface area contributed by atoms with Gasteiger partial charge in [0.25, 0.3) is 0 Å². The van der Waals surface area contributed by atoms with Crippen LogP contribution in [0, 0.1) is 3.57 Å². The maximum atomic E-state index is 5.70. The zero-order valence-corrected chi connectivity index (χ0v) is 12.1. The molecule has 0 spiro atoms. The highest BCUT2D eigenvalue weighted by atomic mass is 127. The van der Waals surface area contributed by atoms with Crippen LogP contribution >= 0.6 is 22.6 Å². The summed E-state index contributed by atoms with van der Waals surface area (Å²) in [5, 5.41) is 0. The molecule has 4 heteroatoms. The van der Waals surface area contributed by atoms with Crippen LogP contribution in [0.2, 0.25) is 0 Å².